The summed E-state index contributed by atoms with van der Waals surface area (Å²) in [4.78, 5) is 39.6. The molecule has 0 saturated carbocycles. The number of amides is 1. The number of rotatable bonds is 9. The van der Waals surface area contributed by atoms with Gasteiger partial charge >= 0.3 is 5.97 Å². The van der Waals surface area contributed by atoms with Gasteiger partial charge in [-0.15, -0.1) is 11.8 Å². The summed E-state index contributed by atoms with van der Waals surface area (Å²) in [6, 6.07) is 33.2. The fraction of sp³-hybridized carbons (Fsp3) is 0.129. The Morgan fingerprint density at radius 3 is 2.16 bits per heavy atom. The van der Waals surface area contributed by atoms with Crippen LogP contribution < -0.4 is 9.64 Å². The van der Waals surface area contributed by atoms with Gasteiger partial charge in [-0.05, 0) is 35.4 Å². The first-order valence-corrected chi connectivity index (χ1v) is 13.1. The van der Waals surface area contributed by atoms with Crippen LogP contribution in [0.4, 0.5) is 5.69 Å². The number of ketones is 1. The normalized spacial score (nSPS) is 16.8. The lowest BCUT2D eigenvalue weighted by atomic mass is 10.0. The van der Waals surface area contributed by atoms with Gasteiger partial charge in [-0.25, -0.2) is 0 Å². The molecule has 1 aliphatic rings. The van der Waals surface area contributed by atoms with Crippen LogP contribution in [-0.4, -0.2) is 28.0 Å². The number of carboxylic acid groups (broad SMARTS) is 1. The van der Waals surface area contributed by atoms with E-state index in [-0.39, 0.29) is 18.1 Å². The number of thioether (sulfide) groups is 1. The SMILES string of the molecule is O=C(O)CC1SC(c2ccc(OCc3ccccc3)cc2)N(c2cccc(C(=O)c3ccccc3)c2)C1=O. The Morgan fingerprint density at radius 1 is 0.816 bits per heavy atom. The van der Waals surface area contributed by atoms with E-state index in [0.29, 0.717) is 29.2 Å². The Labute approximate surface area is 224 Å². The van der Waals surface area contributed by atoms with Crippen molar-refractivity contribution in [1.29, 1.82) is 0 Å². The highest BCUT2D eigenvalue weighted by molar-refractivity contribution is 8.01. The van der Waals surface area contributed by atoms with Crippen molar-refractivity contribution in [3.05, 3.63) is 131 Å². The molecule has 0 bridgehead atoms. The summed E-state index contributed by atoms with van der Waals surface area (Å²) in [5, 5.41) is 8.21. The van der Waals surface area contributed by atoms with Crippen LogP contribution >= 0.6 is 11.8 Å². The van der Waals surface area contributed by atoms with Crippen molar-refractivity contribution < 1.29 is 24.2 Å². The Kier molecular flexibility index (Phi) is 7.56. The number of carbonyl (C=O) groups excluding carboxylic acids is 2. The lowest BCUT2D eigenvalue weighted by Gasteiger charge is -2.25. The number of hydrogen-bond donors (Lipinski definition) is 1. The van der Waals surface area contributed by atoms with Crippen molar-refractivity contribution in [2.24, 2.45) is 0 Å². The third-order valence-electron chi connectivity index (χ3n) is 6.24. The fourth-order valence-corrected chi connectivity index (χ4v) is 5.79. The smallest absolute Gasteiger partial charge is 0.305 e. The number of ether oxygens (including phenoxy) is 1. The van der Waals surface area contributed by atoms with Crippen molar-refractivity contribution in [2.75, 3.05) is 4.90 Å². The summed E-state index contributed by atoms with van der Waals surface area (Å²) in [7, 11) is 0. The summed E-state index contributed by atoms with van der Waals surface area (Å²) in [6.45, 7) is 0.436. The molecule has 0 aliphatic carbocycles. The third kappa shape index (κ3) is 5.63. The predicted molar refractivity (Wildman–Crippen MR) is 147 cm³/mol. The average Bonchev–Trinajstić information content (AvgIpc) is 3.27. The van der Waals surface area contributed by atoms with E-state index < -0.39 is 16.6 Å². The van der Waals surface area contributed by atoms with Gasteiger partial charge in [0.25, 0.3) is 0 Å². The van der Waals surface area contributed by atoms with E-state index in [1.807, 2.05) is 60.7 Å². The van der Waals surface area contributed by atoms with E-state index in [1.54, 1.807) is 53.4 Å². The second kappa shape index (κ2) is 11.4. The third-order valence-corrected chi connectivity index (χ3v) is 7.67. The van der Waals surface area contributed by atoms with Crippen LogP contribution in [0, 0.1) is 0 Å². The van der Waals surface area contributed by atoms with Crippen molar-refractivity contribution in [3.63, 3.8) is 0 Å². The Morgan fingerprint density at radius 2 is 1.47 bits per heavy atom. The molecular formula is C31H25NO5S. The molecule has 1 fully saturated rings. The molecule has 2 atom stereocenters. The number of benzene rings is 4. The maximum Gasteiger partial charge on any atom is 0.305 e. The highest BCUT2D eigenvalue weighted by atomic mass is 32.2. The Balaban J connectivity index is 1.41. The monoisotopic (exact) mass is 523 g/mol. The van der Waals surface area contributed by atoms with Gasteiger partial charge in [-0.1, -0.05) is 84.9 Å². The molecule has 1 N–H and O–H groups in total. The van der Waals surface area contributed by atoms with E-state index in [1.165, 1.54) is 11.8 Å². The van der Waals surface area contributed by atoms with Crippen LogP contribution in [0.5, 0.6) is 5.75 Å². The molecule has 6 nitrogen and oxygen atoms in total. The number of anilines is 1. The minimum atomic E-state index is -1.03. The highest BCUT2D eigenvalue weighted by Gasteiger charge is 2.43. The molecule has 1 amide bonds. The largest absolute Gasteiger partial charge is 0.489 e. The zero-order valence-corrected chi connectivity index (χ0v) is 21.2. The molecule has 38 heavy (non-hydrogen) atoms. The quantitative estimate of drug-likeness (QED) is 0.266. The van der Waals surface area contributed by atoms with Gasteiger partial charge in [0.1, 0.15) is 17.7 Å². The van der Waals surface area contributed by atoms with Gasteiger partial charge in [-0.3, -0.25) is 19.3 Å². The van der Waals surface area contributed by atoms with Crippen LogP contribution in [0.15, 0.2) is 109 Å². The average molecular weight is 524 g/mol. The fourth-order valence-electron chi connectivity index (χ4n) is 4.35. The first-order valence-electron chi connectivity index (χ1n) is 12.2. The molecule has 4 aromatic rings. The molecule has 0 aromatic heterocycles. The minimum absolute atomic E-state index is 0.148. The first-order chi connectivity index (χ1) is 18.5. The van der Waals surface area contributed by atoms with E-state index in [4.69, 9.17) is 4.74 Å². The standard InChI is InChI=1S/C31H25NO5S/c33-28(34)19-27-30(36)32(25-13-7-12-24(18-25)29(35)22-10-5-2-6-11-22)31(38-27)23-14-16-26(17-15-23)37-20-21-8-3-1-4-9-21/h1-18,27,31H,19-20H2,(H,33,34). The second-order valence-electron chi connectivity index (χ2n) is 8.87. The summed E-state index contributed by atoms with van der Waals surface area (Å²) in [5.41, 5.74) is 3.45. The molecule has 2 unspecified atom stereocenters. The molecule has 7 heteroatoms. The molecule has 1 heterocycles. The molecule has 0 spiro atoms. The lowest BCUT2D eigenvalue weighted by molar-refractivity contribution is -0.138. The van der Waals surface area contributed by atoms with Crippen molar-refractivity contribution in [1.82, 2.24) is 0 Å². The molecule has 0 radical (unpaired) electrons. The molecule has 190 valence electrons. The van der Waals surface area contributed by atoms with Crippen LogP contribution in [0.25, 0.3) is 0 Å². The summed E-state index contributed by atoms with van der Waals surface area (Å²) < 4.78 is 5.90. The number of hydrogen-bond acceptors (Lipinski definition) is 5. The van der Waals surface area contributed by atoms with Gasteiger partial charge < -0.3 is 9.84 Å². The van der Waals surface area contributed by atoms with E-state index in [0.717, 1.165) is 11.1 Å². The molecule has 4 aromatic carbocycles. The highest BCUT2D eigenvalue weighted by Crippen LogP contribution is 2.47. The summed E-state index contributed by atoms with van der Waals surface area (Å²) >= 11 is 1.30. The van der Waals surface area contributed by atoms with Gasteiger partial charge in [0.05, 0.1) is 11.7 Å². The topological polar surface area (TPSA) is 83.9 Å². The van der Waals surface area contributed by atoms with Crippen LogP contribution in [0.1, 0.15) is 38.8 Å². The molecular weight excluding hydrogens is 498 g/mol. The van der Waals surface area contributed by atoms with E-state index in [2.05, 4.69) is 0 Å². The Bertz CT molecular complexity index is 1440. The number of carboxylic acids is 1. The second-order valence-corrected chi connectivity index (χ2v) is 10.2. The maximum absolute atomic E-state index is 13.4. The van der Waals surface area contributed by atoms with Gasteiger partial charge in [0, 0.05) is 16.8 Å². The summed E-state index contributed by atoms with van der Waals surface area (Å²) in [5.74, 6) is -0.786. The van der Waals surface area contributed by atoms with Gasteiger partial charge in [0.15, 0.2) is 5.78 Å². The number of aliphatic carboxylic acids is 1. The summed E-state index contributed by atoms with van der Waals surface area (Å²) in [6.07, 6.45) is -0.280. The number of nitrogens with zero attached hydrogens (tertiary/aromatic N) is 1. The number of carbonyl (C=O) groups is 3. The zero-order chi connectivity index (χ0) is 26.5. The van der Waals surface area contributed by atoms with Crippen molar-refractivity contribution in [3.8, 4) is 5.75 Å². The first kappa shape index (κ1) is 25.3. The van der Waals surface area contributed by atoms with Crippen LogP contribution in [0.2, 0.25) is 0 Å². The molecule has 5 rings (SSSR count). The van der Waals surface area contributed by atoms with Crippen molar-refractivity contribution in [2.45, 2.75) is 23.7 Å². The van der Waals surface area contributed by atoms with Crippen LogP contribution in [-0.2, 0) is 16.2 Å². The zero-order valence-electron chi connectivity index (χ0n) is 20.4. The minimum Gasteiger partial charge on any atom is -0.489 e. The van der Waals surface area contributed by atoms with Crippen molar-refractivity contribution >= 4 is 35.1 Å². The maximum atomic E-state index is 13.4. The van der Waals surface area contributed by atoms with E-state index >= 15 is 0 Å². The predicted octanol–water partition coefficient (Wildman–Crippen LogP) is 6.12. The van der Waals surface area contributed by atoms with Gasteiger partial charge in [0.2, 0.25) is 5.91 Å². The lowest BCUT2D eigenvalue weighted by Crippen LogP contribution is -2.32. The van der Waals surface area contributed by atoms with Gasteiger partial charge in [-0.2, -0.15) is 0 Å². The molecule has 1 saturated heterocycles. The van der Waals surface area contributed by atoms with Crippen LogP contribution in [0.3, 0.4) is 0 Å². The van der Waals surface area contributed by atoms with E-state index in [9.17, 15) is 19.5 Å². The Hall–Kier alpha value is -4.36. The molecule has 1 aliphatic heterocycles.